The van der Waals surface area contributed by atoms with Gasteiger partial charge in [-0.05, 0) is 5.56 Å². The highest BCUT2D eigenvalue weighted by Crippen LogP contribution is 2.42. The normalized spacial score (nSPS) is 22.8. The van der Waals surface area contributed by atoms with Crippen molar-refractivity contribution >= 4 is 17.7 Å². The number of hydrogen-bond acceptors (Lipinski definition) is 4. The Labute approximate surface area is 138 Å². The van der Waals surface area contributed by atoms with Crippen LogP contribution in [0, 0.1) is 11.8 Å². The maximum absolute atomic E-state index is 12.5. The highest BCUT2D eigenvalue weighted by atomic mass is 16.6. The fraction of sp³-hybridized carbons (Fsp3) is 0.211. The maximum atomic E-state index is 12.5. The molecule has 0 saturated carbocycles. The summed E-state index contributed by atoms with van der Waals surface area (Å²) < 4.78 is 5.30. The minimum Gasteiger partial charge on any atom is -0.481 e. The van der Waals surface area contributed by atoms with Gasteiger partial charge in [0.05, 0.1) is 0 Å². The number of Topliss-reactive ketones (excluding diaryl/α,β-unsaturated/α-hetero) is 1. The third-order valence-corrected chi connectivity index (χ3v) is 4.23. The summed E-state index contributed by atoms with van der Waals surface area (Å²) >= 11 is 0. The topological polar surface area (TPSA) is 80.7 Å². The average molecular weight is 324 g/mol. The molecule has 122 valence electrons. The molecule has 24 heavy (non-hydrogen) atoms. The van der Waals surface area contributed by atoms with Crippen molar-refractivity contribution in [3.05, 3.63) is 71.8 Å². The van der Waals surface area contributed by atoms with E-state index in [4.69, 9.17) is 4.74 Å². The summed E-state index contributed by atoms with van der Waals surface area (Å²) in [6, 6.07) is 17.6. The Morgan fingerprint density at radius 1 is 0.958 bits per heavy atom. The summed E-state index contributed by atoms with van der Waals surface area (Å²) in [5.41, 5.74) is 1.19. The van der Waals surface area contributed by atoms with Gasteiger partial charge in [0.2, 0.25) is 0 Å². The van der Waals surface area contributed by atoms with Crippen molar-refractivity contribution in [2.24, 2.45) is 11.8 Å². The van der Waals surface area contributed by atoms with E-state index in [1.54, 1.807) is 54.6 Å². The first-order chi connectivity index (χ1) is 11.6. The van der Waals surface area contributed by atoms with Crippen LogP contribution in [0.3, 0.4) is 0 Å². The van der Waals surface area contributed by atoms with Crippen LogP contribution in [0.4, 0.5) is 0 Å². The second kappa shape index (κ2) is 6.66. The first kappa shape index (κ1) is 15.9. The molecule has 5 heteroatoms. The number of aliphatic carboxylic acids is 1. The van der Waals surface area contributed by atoms with Crippen LogP contribution in [0.1, 0.15) is 28.4 Å². The Morgan fingerprint density at radius 2 is 1.54 bits per heavy atom. The number of benzene rings is 2. The molecule has 1 aliphatic rings. The van der Waals surface area contributed by atoms with Crippen LogP contribution in [0.2, 0.25) is 0 Å². The lowest BCUT2D eigenvalue weighted by Crippen LogP contribution is -2.27. The number of esters is 1. The van der Waals surface area contributed by atoms with Crippen LogP contribution in [-0.4, -0.2) is 22.8 Å². The average Bonchev–Trinajstić information content (AvgIpc) is 2.92. The predicted octanol–water partition coefficient (Wildman–Crippen LogP) is 2.87. The molecule has 1 N–H and O–H groups in total. The molecule has 0 radical (unpaired) electrons. The lowest BCUT2D eigenvalue weighted by molar-refractivity contribution is -0.153. The van der Waals surface area contributed by atoms with E-state index in [-0.39, 0.29) is 12.2 Å². The maximum Gasteiger partial charge on any atom is 0.321 e. The van der Waals surface area contributed by atoms with E-state index in [9.17, 15) is 19.5 Å². The highest BCUT2D eigenvalue weighted by Gasteiger charge is 2.50. The molecule has 0 aromatic heterocycles. The van der Waals surface area contributed by atoms with Crippen molar-refractivity contribution in [2.45, 2.75) is 12.5 Å². The van der Waals surface area contributed by atoms with E-state index in [1.165, 1.54) is 0 Å². The van der Waals surface area contributed by atoms with Gasteiger partial charge in [0.1, 0.15) is 6.10 Å². The van der Waals surface area contributed by atoms with Gasteiger partial charge in [0.15, 0.2) is 11.7 Å². The van der Waals surface area contributed by atoms with Crippen molar-refractivity contribution in [3.8, 4) is 0 Å². The SMILES string of the molecule is O=C(C[C@H]1[C@H](C(=O)O)C(=O)O[C@H]1c1ccccc1)c1ccccc1. The fourth-order valence-corrected chi connectivity index (χ4v) is 3.06. The first-order valence-corrected chi connectivity index (χ1v) is 7.64. The Hall–Kier alpha value is -2.95. The molecule has 0 unspecified atom stereocenters. The number of ketones is 1. The molecule has 0 bridgehead atoms. The molecule has 0 aliphatic carbocycles. The highest BCUT2D eigenvalue weighted by molar-refractivity contribution is 6.00. The second-order valence-corrected chi connectivity index (χ2v) is 5.74. The summed E-state index contributed by atoms with van der Waals surface area (Å²) in [5.74, 6) is -4.31. The minimum atomic E-state index is -1.33. The van der Waals surface area contributed by atoms with Crippen LogP contribution in [-0.2, 0) is 14.3 Å². The number of ether oxygens (including phenoxy) is 1. The zero-order valence-corrected chi connectivity index (χ0v) is 12.8. The van der Waals surface area contributed by atoms with Gasteiger partial charge in [-0.1, -0.05) is 60.7 Å². The van der Waals surface area contributed by atoms with E-state index in [0.29, 0.717) is 11.1 Å². The summed E-state index contributed by atoms with van der Waals surface area (Å²) in [5, 5.41) is 9.39. The molecule has 1 saturated heterocycles. The molecule has 2 aromatic rings. The van der Waals surface area contributed by atoms with E-state index < -0.39 is 29.9 Å². The zero-order valence-electron chi connectivity index (χ0n) is 12.8. The monoisotopic (exact) mass is 324 g/mol. The molecule has 0 amide bonds. The lowest BCUT2D eigenvalue weighted by atomic mass is 9.82. The molecule has 3 rings (SSSR count). The van der Waals surface area contributed by atoms with E-state index in [0.717, 1.165) is 0 Å². The number of cyclic esters (lactones) is 1. The molecule has 1 fully saturated rings. The minimum absolute atomic E-state index is 0.0632. The van der Waals surface area contributed by atoms with Crippen molar-refractivity contribution in [1.29, 1.82) is 0 Å². The molecular weight excluding hydrogens is 308 g/mol. The first-order valence-electron chi connectivity index (χ1n) is 7.64. The summed E-state index contributed by atoms with van der Waals surface area (Å²) in [7, 11) is 0. The molecule has 0 spiro atoms. The fourth-order valence-electron chi connectivity index (χ4n) is 3.06. The third kappa shape index (κ3) is 3.06. The molecule has 2 aromatic carbocycles. The standard InChI is InChI=1S/C19H16O5/c20-15(12-7-3-1-4-8-12)11-14-16(18(21)22)19(23)24-17(14)13-9-5-2-6-10-13/h1-10,14,16-17H,11H2,(H,21,22)/t14-,16+,17-/m0/s1. The Morgan fingerprint density at radius 3 is 2.12 bits per heavy atom. The van der Waals surface area contributed by atoms with Crippen LogP contribution < -0.4 is 0 Å². The van der Waals surface area contributed by atoms with Crippen molar-refractivity contribution < 1.29 is 24.2 Å². The van der Waals surface area contributed by atoms with Crippen molar-refractivity contribution in [1.82, 2.24) is 0 Å². The lowest BCUT2D eigenvalue weighted by Gasteiger charge is -2.19. The van der Waals surface area contributed by atoms with Gasteiger partial charge in [-0.3, -0.25) is 14.4 Å². The van der Waals surface area contributed by atoms with Gasteiger partial charge in [0, 0.05) is 17.9 Å². The van der Waals surface area contributed by atoms with E-state index >= 15 is 0 Å². The van der Waals surface area contributed by atoms with E-state index in [1.807, 2.05) is 6.07 Å². The van der Waals surface area contributed by atoms with Crippen LogP contribution in [0.15, 0.2) is 60.7 Å². The summed E-state index contributed by atoms with van der Waals surface area (Å²) in [6.07, 6.45) is -0.792. The number of carboxylic acid groups (broad SMARTS) is 1. The largest absolute Gasteiger partial charge is 0.481 e. The van der Waals surface area contributed by atoms with Gasteiger partial charge in [-0.15, -0.1) is 0 Å². The predicted molar refractivity (Wildman–Crippen MR) is 85.3 cm³/mol. The number of carboxylic acids is 1. The zero-order chi connectivity index (χ0) is 17.1. The quantitative estimate of drug-likeness (QED) is 0.519. The van der Waals surface area contributed by atoms with Gasteiger partial charge in [-0.25, -0.2) is 0 Å². The van der Waals surface area contributed by atoms with Crippen LogP contribution in [0.5, 0.6) is 0 Å². The Bertz CT molecular complexity index is 754. The summed E-state index contributed by atoms with van der Waals surface area (Å²) in [4.78, 5) is 36.0. The Balaban J connectivity index is 1.91. The van der Waals surface area contributed by atoms with Gasteiger partial charge >= 0.3 is 11.9 Å². The van der Waals surface area contributed by atoms with Crippen LogP contribution >= 0.6 is 0 Å². The smallest absolute Gasteiger partial charge is 0.321 e. The molecule has 3 atom stereocenters. The van der Waals surface area contributed by atoms with Crippen molar-refractivity contribution in [3.63, 3.8) is 0 Å². The van der Waals surface area contributed by atoms with Crippen LogP contribution in [0.25, 0.3) is 0 Å². The molecule has 5 nitrogen and oxygen atoms in total. The van der Waals surface area contributed by atoms with Gasteiger partial charge in [-0.2, -0.15) is 0 Å². The Kier molecular flexibility index (Phi) is 4.42. The molecule has 1 aliphatic heterocycles. The molecule has 1 heterocycles. The number of carbonyl (C=O) groups is 3. The number of carbonyl (C=O) groups excluding carboxylic acids is 2. The number of rotatable bonds is 5. The van der Waals surface area contributed by atoms with E-state index in [2.05, 4.69) is 0 Å². The number of hydrogen-bond donors (Lipinski definition) is 1. The van der Waals surface area contributed by atoms with Gasteiger partial charge in [0.25, 0.3) is 0 Å². The summed E-state index contributed by atoms with van der Waals surface area (Å²) in [6.45, 7) is 0. The second-order valence-electron chi connectivity index (χ2n) is 5.74. The van der Waals surface area contributed by atoms with Gasteiger partial charge < -0.3 is 9.84 Å². The molecular formula is C19H16O5. The van der Waals surface area contributed by atoms with Crippen molar-refractivity contribution in [2.75, 3.05) is 0 Å². The third-order valence-electron chi connectivity index (χ3n) is 4.23.